The van der Waals surface area contributed by atoms with Crippen molar-refractivity contribution in [1.29, 1.82) is 0 Å². The van der Waals surface area contributed by atoms with Crippen LogP contribution in [0.25, 0.3) is 127 Å². The molecule has 0 atom stereocenters. The van der Waals surface area contributed by atoms with E-state index in [2.05, 4.69) is 198 Å². The van der Waals surface area contributed by atoms with Crippen LogP contribution in [0.5, 0.6) is 0 Å². The summed E-state index contributed by atoms with van der Waals surface area (Å²) in [5.41, 5.74) is 23.7. The van der Waals surface area contributed by atoms with Gasteiger partial charge in [0.1, 0.15) is 11.2 Å². The summed E-state index contributed by atoms with van der Waals surface area (Å²) in [6.07, 6.45) is 2.27. The molecule has 0 bridgehead atoms. The molecule has 3 heteroatoms. The minimum atomic E-state index is 0.909. The second kappa shape index (κ2) is 12.5. The molecule has 11 aromatic rings. The quantitative estimate of drug-likeness (QED) is 0.171. The number of benzene rings is 8. The summed E-state index contributed by atoms with van der Waals surface area (Å²) in [7, 11) is 0. The van der Waals surface area contributed by atoms with Crippen LogP contribution in [-0.2, 0) is 0 Å². The van der Waals surface area contributed by atoms with E-state index in [9.17, 15) is 0 Å². The zero-order valence-electron chi connectivity index (χ0n) is 31.8. The van der Waals surface area contributed by atoms with Gasteiger partial charge in [0, 0.05) is 55.4 Å². The van der Waals surface area contributed by atoms with Crippen molar-refractivity contribution in [2.75, 3.05) is 0 Å². The van der Waals surface area contributed by atoms with E-state index in [-0.39, 0.29) is 0 Å². The number of furan rings is 1. The number of aromatic nitrogens is 1. The minimum Gasteiger partial charge on any atom is -0.455 e. The molecule has 0 saturated carbocycles. The van der Waals surface area contributed by atoms with E-state index in [1.54, 1.807) is 0 Å². The lowest BCUT2D eigenvalue weighted by molar-refractivity contribution is 0.670. The van der Waals surface area contributed by atoms with Crippen LogP contribution in [0.2, 0.25) is 0 Å². The van der Waals surface area contributed by atoms with Crippen LogP contribution in [0.1, 0.15) is 0 Å². The van der Waals surface area contributed by atoms with Crippen LogP contribution in [0.4, 0.5) is 0 Å². The maximum absolute atomic E-state index is 6.55. The van der Waals surface area contributed by atoms with Gasteiger partial charge in [0.25, 0.3) is 0 Å². The van der Waals surface area contributed by atoms with E-state index in [1.807, 2.05) is 17.4 Å². The van der Waals surface area contributed by atoms with Gasteiger partial charge in [-0.15, -0.1) is 11.3 Å². The molecule has 274 valence electrons. The summed E-state index contributed by atoms with van der Waals surface area (Å²) in [6, 6.07) is 69.1. The largest absolute Gasteiger partial charge is 0.455 e. The average Bonchev–Trinajstić information content (AvgIpc) is 4.05. The van der Waals surface area contributed by atoms with Gasteiger partial charge >= 0.3 is 0 Å². The second-order valence-electron chi connectivity index (χ2n) is 15.6. The maximum atomic E-state index is 6.55. The molecule has 0 unspecified atom stereocenters. The first-order chi connectivity index (χ1) is 29.3. The highest BCUT2D eigenvalue weighted by molar-refractivity contribution is 7.14. The molecule has 0 spiro atoms. The van der Waals surface area contributed by atoms with Crippen molar-refractivity contribution in [2.24, 2.45) is 0 Å². The summed E-state index contributed by atoms with van der Waals surface area (Å²) in [6.45, 7) is 0. The van der Waals surface area contributed by atoms with Gasteiger partial charge in [-0.05, 0) is 103 Å². The van der Waals surface area contributed by atoms with Gasteiger partial charge in [-0.3, -0.25) is 0 Å². The first kappa shape index (κ1) is 32.6. The summed E-state index contributed by atoms with van der Waals surface area (Å²) < 4.78 is 8.97. The summed E-state index contributed by atoms with van der Waals surface area (Å²) in [4.78, 5) is 1.31. The second-order valence-corrected chi connectivity index (χ2v) is 16.5. The molecular formula is C56H33NOS. The van der Waals surface area contributed by atoms with Crippen molar-refractivity contribution < 1.29 is 4.42 Å². The number of thiophene rings is 1. The molecule has 3 heterocycles. The van der Waals surface area contributed by atoms with Crippen LogP contribution in [-0.4, -0.2) is 4.57 Å². The fraction of sp³-hybridized carbons (Fsp3) is 0. The number of hydrogen-bond donors (Lipinski definition) is 0. The monoisotopic (exact) mass is 767 g/mol. The Labute approximate surface area is 345 Å². The fourth-order valence-corrected chi connectivity index (χ4v) is 10.8. The standard InChI is InChI=1S/C56H33NOS/c1-3-16-41-37(12-1)38-13-2-4-17-42(38)52-33-35(57-30-28-47-50-29-31-59-56(50)49-20-8-6-15-40(49)39-14-5-7-19-46(39)54(47)57)25-27-44(52)43-26-24-34(32-51(41)43)36-21-11-22-48-45-18-9-10-23-53(45)58-55(36)48/h1-33H. The molecular weight excluding hydrogens is 735 g/mol. The van der Waals surface area contributed by atoms with Gasteiger partial charge in [0.2, 0.25) is 0 Å². The zero-order valence-corrected chi connectivity index (χ0v) is 32.6. The molecule has 0 aliphatic heterocycles. The lowest BCUT2D eigenvalue weighted by atomic mass is 9.80. The van der Waals surface area contributed by atoms with E-state index in [1.165, 1.54) is 88.5 Å². The molecule has 3 aromatic heterocycles. The van der Waals surface area contributed by atoms with Gasteiger partial charge in [-0.1, -0.05) is 152 Å². The minimum absolute atomic E-state index is 0.909. The van der Waals surface area contributed by atoms with E-state index < -0.39 is 0 Å². The van der Waals surface area contributed by atoms with Crippen LogP contribution >= 0.6 is 11.3 Å². The highest BCUT2D eigenvalue weighted by Gasteiger charge is 2.27. The van der Waals surface area contributed by atoms with Gasteiger partial charge in [0.15, 0.2) is 0 Å². The van der Waals surface area contributed by atoms with E-state index >= 15 is 0 Å². The van der Waals surface area contributed by atoms with Crippen molar-refractivity contribution in [3.63, 3.8) is 0 Å². The molecule has 0 fully saturated rings. The Hall–Kier alpha value is -7.46. The van der Waals surface area contributed by atoms with Crippen molar-refractivity contribution in [3.8, 4) is 105 Å². The van der Waals surface area contributed by atoms with E-state index in [0.717, 1.165) is 38.8 Å². The van der Waals surface area contributed by atoms with E-state index in [4.69, 9.17) is 4.42 Å². The molecule has 0 N–H and O–H groups in total. The average molecular weight is 768 g/mol. The van der Waals surface area contributed by atoms with Gasteiger partial charge in [-0.25, -0.2) is 0 Å². The van der Waals surface area contributed by atoms with Crippen LogP contribution in [0.3, 0.4) is 0 Å². The third kappa shape index (κ3) is 4.74. The van der Waals surface area contributed by atoms with Gasteiger partial charge < -0.3 is 8.98 Å². The summed E-state index contributed by atoms with van der Waals surface area (Å²) in [5.74, 6) is 0. The predicted molar refractivity (Wildman–Crippen MR) is 247 cm³/mol. The fourth-order valence-electron chi connectivity index (χ4n) is 9.90. The molecule has 2 aliphatic rings. The van der Waals surface area contributed by atoms with Crippen molar-refractivity contribution >= 4 is 33.3 Å². The number of hydrogen-bond acceptors (Lipinski definition) is 2. The Kier molecular flexibility index (Phi) is 6.92. The van der Waals surface area contributed by atoms with Gasteiger partial charge in [0.05, 0.1) is 5.69 Å². The molecule has 2 aliphatic carbocycles. The summed E-state index contributed by atoms with van der Waals surface area (Å²) >= 11 is 1.82. The molecule has 0 amide bonds. The highest BCUT2D eigenvalue weighted by Crippen LogP contribution is 2.52. The SMILES string of the molecule is c1ccc2c(c1)-c1ccccc1-c1cc(-n3ccc4c3-c3ccccc3-c3ccccc3-c3sccc3-4)ccc1-c1ccc(-c3cccc4c3oc3ccccc34)cc1-2. The number of nitrogens with zero attached hydrogens (tertiary/aromatic N) is 1. The Morgan fingerprint density at radius 2 is 0.898 bits per heavy atom. The third-order valence-corrected chi connectivity index (χ3v) is 13.5. The van der Waals surface area contributed by atoms with Crippen molar-refractivity contribution in [2.45, 2.75) is 0 Å². The number of para-hydroxylation sites is 2. The van der Waals surface area contributed by atoms with Crippen LogP contribution in [0.15, 0.2) is 204 Å². The predicted octanol–water partition coefficient (Wildman–Crippen LogP) is 16.1. The Morgan fingerprint density at radius 1 is 0.356 bits per heavy atom. The van der Waals surface area contributed by atoms with E-state index in [0.29, 0.717) is 0 Å². The maximum Gasteiger partial charge on any atom is 0.143 e. The normalized spacial score (nSPS) is 12.1. The van der Waals surface area contributed by atoms with Crippen LogP contribution in [0, 0.1) is 0 Å². The zero-order chi connectivity index (χ0) is 38.6. The highest BCUT2D eigenvalue weighted by atomic mass is 32.1. The first-order valence-electron chi connectivity index (χ1n) is 20.2. The lowest BCUT2D eigenvalue weighted by Crippen LogP contribution is -2.02. The Morgan fingerprint density at radius 3 is 1.64 bits per heavy atom. The molecule has 2 nitrogen and oxygen atoms in total. The topological polar surface area (TPSA) is 18.1 Å². The molecule has 59 heavy (non-hydrogen) atoms. The number of rotatable bonds is 2. The lowest BCUT2D eigenvalue weighted by Gasteiger charge is -2.25. The molecule has 8 aromatic carbocycles. The summed E-state index contributed by atoms with van der Waals surface area (Å²) in [5, 5.41) is 4.51. The van der Waals surface area contributed by atoms with Crippen molar-refractivity contribution in [1.82, 2.24) is 4.57 Å². The molecule has 0 saturated heterocycles. The Bertz CT molecular complexity index is 3520. The first-order valence-corrected chi connectivity index (χ1v) is 21.0. The number of fused-ring (bicyclic) bond motifs is 19. The molecule has 13 rings (SSSR count). The smallest absolute Gasteiger partial charge is 0.143 e. The van der Waals surface area contributed by atoms with Crippen LogP contribution < -0.4 is 0 Å². The van der Waals surface area contributed by atoms with Gasteiger partial charge in [-0.2, -0.15) is 0 Å². The molecule has 0 radical (unpaired) electrons. The third-order valence-electron chi connectivity index (χ3n) is 12.5. The Balaban J connectivity index is 1.05. The van der Waals surface area contributed by atoms with Crippen molar-refractivity contribution in [3.05, 3.63) is 200 Å².